The molecule has 1 aliphatic heterocycles. The molecule has 2 heterocycles. The van der Waals surface area contributed by atoms with Crippen LogP contribution in [0.5, 0.6) is 0 Å². The highest BCUT2D eigenvalue weighted by Crippen LogP contribution is 2.26. The van der Waals surface area contributed by atoms with E-state index in [0.717, 1.165) is 26.2 Å². The molecule has 1 saturated heterocycles. The zero-order chi connectivity index (χ0) is 10.7. The molecule has 2 rings (SSSR count). The minimum absolute atomic E-state index is 0.595. The Morgan fingerprint density at radius 1 is 1.53 bits per heavy atom. The molecule has 1 atom stereocenters. The Hall–Kier alpha value is -0.610. The SMILES string of the molecule is CCC(C)c1csc(N2CCNCC2)n1. The molecule has 0 spiro atoms. The summed E-state index contributed by atoms with van der Waals surface area (Å²) in [6, 6.07) is 0. The van der Waals surface area contributed by atoms with Gasteiger partial charge in [-0.25, -0.2) is 4.98 Å². The second-order valence-corrected chi connectivity index (χ2v) is 4.94. The Bertz CT molecular complexity index is 305. The molecule has 0 amide bonds. The van der Waals surface area contributed by atoms with Gasteiger partial charge in [0.05, 0.1) is 5.69 Å². The van der Waals surface area contributed by atoms with Crippen LogP contribution < -0.4 is 10.2 Å². The van der Waals surface area contributed by atoms with Gasteiger partial charge >= 0.3 is 0 Å². The fraction of sp³-hybridized carbons (Fsp3) is 0.727. The Morgan fingerprint density at radius 2 is 2.27 bits per heavy atom. The second kappa shape index (κ2) is 4.94. The number of nitrogens with zero attached hydrogens (tertiary/aromatic N) is 2. The summed E-state index contributed by atoms with van der Waals surface area (Å²) in [7, 11) is 0. The van der Waals surface area contributed by atoms with Crippen LogP contribution in [0.15, 0.2) is 5.38 Å². The van der Waals surface area contributed by atoms with E-state index in [1.807, 2.05) is 0 Å². The number of anilines is 1. The van der Waals surface area contributed by atoms with E-state index < -0.39 is 0 Å². The van der Waals surface area contributed by atoms with Crippen LogP contribution in [0.2, 0.25) is 0 Å². The topological polar surface area (TPSA) is 28.2 Å². The molecule has 0 saturated carbocycles. The molecule has 15 heavy (non-hydrogen) atoms. The molecule has 1 fully saturated rings. The summed E-state index contributed by atoms with van der Waals surface area (Å²) in [5.74, 6) is 0.595. The van der Waals surface area contributed by atoms with Crippen molar-refractivity contribution in [3.05, 3.63) is 11.1 Å². The van der Waals surface area contributed by atoms with Crippen molar-refractivity contribution < 1.29 is 0 Å². The minimum Gasteiger partial charge on any atom is -0.346 e. The number of rotatable bonds is 3. The van der Waals surface area contributed by atoms with Crippen LogP contribution in [-0.2, 0) is 0 Å². The van der Waals surface area contributed by atoms with E-state index in [4.69, 9.17) is 4.98 Å². The molecule has 0 aromatic carbocycles. The molecule has 1 aromatic heterocycles. The molecule has 1 N–H and O–H groups in total. The van der Waals surface area contributed by atoms with Crippen LogP contribution in [-0.4, -0.2) is 31.2 Å². The maximum Gasteiger partial charge on any atom is 0.185 e. The van der Waals surface area contributed by atoms with Crippen LogP contribution in [0, 0.1) is 0 Å². The van der Waals surface area contributed by atoms with Crippen LogP contribution >= 0.6 is 11.3 Å². The number of thiazole rings is 1. The van der Waals surface area contributed by atoms with Crippen molar-refractivity contribution >= 4 is 16.5 Å². The van der Waals surface area contributed by atoms with Crippen LogP contribution in [0.4, 0.5) is 5.13 Å². The highest BCUT2D eigenvalue weighted by atomic mass is 32.1. The Balaban J connectivity index is 2.05. The minimum atomic E-state index is 0.595. The van der Waals surface area contributed by atoms with Gasteiger partial charge in [0, 0.05) is 31.6 Å². The first-order valence-corrected chi connectivity index (χ1v) is 6.60. The van der Waals surface area contributed by atoms with Gasteiger partial charge in [-0.2, -0.15) is 0 Å². The number of piperazine rings is 1. The van der Waals surface area contributed by atoms with Crippen molar-refractivity contribution in [2.24, 2.45) is 0 Å². The smallest absolute Gasteiger partial charge is 0.185 e. The normalized spacial score (nSPS) is 19.2. The zero-order valence-electron chi connectivity index (χ0n) is 9.49. The first kappa shape index (κ1) is 10.9. The van der Waals surface area contributed by atoms with E-state index in [0.29, 0.717) is 5.92 Å². The molecule has 0 radical (unpaired) electrons. The third-order valence-corrected chi connectivity index (χ3v) is 3.93. The Labute approximate surface area is 95.5 Å². The molecular weight excluding hydrogens is 206 g/mol. The lowest BCUT2D eigenvalue weighted by Crippen LogP contribution is -2.43. The molecule has 1 aromatic rings. The quantitative estimate of drug-likeness (QED) is 0.853. The van der Waals surface area contributed by atoms with Crippen molar-refractivity contribution in [1.29, 1.82) is 0 Å². The van der Waals surface area contributed by atoms with E-state index in [9.17, 15) is 0 Å². The van der Waals surface area contributed by atoms with Gasteiger partial charge < -0.3 is 10.2 Å². The predicted molar refractivity (Wildman–Crippen MR) is 65.9 cm³/mol. The lowest BCUT2D eigenvalue weighted by Gasteiger charge is -2.26. The van der Waals surface area contributed by atoms with Gasteiger partial charge in [-0.3, -0.25) is 0 Å². The number of aromatic nitrogens is 1. The van der Waals surface area contributed by atoms with Gasteiger partial charge in [0.15, 0.2) is 5.13 Å². The van der Waals surface area contributed by atoms with Crippen molar-refractivity contribution in [3.8, 4) is 0 Å². The number of nitrogens with one attached hydrogen (secondary N) is 1. The Kier molecular flexibility index (Phi) is 3.59. The summed E-state index contributed by atoms with van der Waals surface area (Å²) < 4.78 is 0. The largest absolute Gasteiger partial charge is 0.346 e. The summed E-state index contributed by atoms with van der Waals surface area (Å²) >= 11 is 1.79. The lowest BCUT2D eigenvalue weighted by atomic mass is 10.1. The lowest BCUT2D eigenvalue weighted by molar-refractivity contribution is 0.587. The van der Waals surface area contributed by atoms with Gasteiger partial charge in [-0.15, -0.1) is 11.3 Å². The van der Waals surface area contributed by atoms with Crippen LogP contribution in [0.1, 0.15) is 31.9 Å². The highest BCUT2D eigenvalue weighted by molar-refractivity contribution is 7.13. The molecule has 3 nitrogen and oxygen atoms in total. The van der Waals surface area contributed by atoms with Crippen LogP contribution in [0.25, 0.3) is 0 Å². The van der Waals surface area contributed by atoms with Gasteiger partial charge in [-0.05, 0) is 12.3 Å². The van der Waals surface area contributed by atoms with E-state index >= 15 is 0 Å². The Morgan fingerprint density at radius 3 is 2.93 bits per heavy atom. The average molecular weight is 225 g/mol. The van der Waals surface area contributed by atoms with E-state index in [2.05, 4.69) is 29.4 Å². The number of hydrogen-bond acceptors (Lipinski definition) is 4. The second-order valence-electron chi connectivity index (χ2n) is 4.10. The fourth-order valence-corrected chi connectivity index (χ4v) is 2.71. The summed E-state index contributed by atoms with van der Waals surface area (Å²) in [6.45, 7) is 8.81. The third kappa shape index (κ3) is 2.49. The fourth-order valence-electron chi connectivity index (χ4n) is 1.71. The zero-order valence-corrected chi connectivity index (χ0v) is 10.3. The first-order valence-electron chi connectivity index (χ1n) is 5.72. The summed E-state index contributed by atoms with van der Waals surface area (Å²) in [4.78, 5) is 7.10. The monoisotopic (exact) mass is 225 g/mol. The molecule has 84 valence electrons. The average Bonchev–Trinajstić information content (AvgIpc) is 2.78. The molecule has 4 heteroatoms. The standard InChI is InChI=1S/C11H19N3S/c1-3-9(2)10-8-15-11(13-10)14-6-4-12-5-7-14/h8-9,12H,3-7H2,1-2H3. The van der Waals surface area contributed by atoms with E-state index in [-0.39, 0.29) is 0 Å². The van der Waals surface area contributed by atoms with Crippen molar-refractivity contribution in [1.82, 2.24) is 10.3 Å². The molecular formula is C11H19N3S. The van der Waals surface area contributed by atoms with Gasteiger partial charge in [0.25, 0.3) is 0 Å². The molecule has 1 unspecified atom stereocenters. The third-order valence-electron chi connectivity index (χ3n) is 3.01. The van der Waals surface area contributed by atoms with Crippen molar-refractivity contribution in [2.75, 3.05) is 31.1 Å². The van der Waals surface area contributed by atoms with Crippen molar-refractivity contribution in [2.45, 2.75) is 26.2 Å². The van der Waals surface area contributed by atoms with E-state index in [1.54, 1.807) is 11.3 Å². The molecule has 0 bridgehead atoms. The predicted octanol–water partition coefficient (Wildman–Crippen LogP) is 2.07. The van der Waals surface area contributed by atoms with Gasteiger partial charge in [0.1, 0.15) is 0 Å². The van der Waals surface area contributed by atoms with Crippen LogP contribution in [0.3, 0.4) is 0 Å². The maximum atomic E-state index is 4.72. The summed E-state index contributed by atoms with van der Waals surface area (Å²) in [5.41, 5.74) is 1.26. The van der Waals surface area contributed by atoms with Gasteiger partial charge in [0.2, 0.25) is 0 Å². The maximum absolute atomic E-state index is 4.72. The number of hydrogen-bond donors (Lipinski definition) is 1. The van der Waals surface area contributed by atoms with E-state index in [1.165, 1.54) is 17.2 Å². The highest BCUT2D eigenvalue weighted by Gasteiger charge is 2.15. The first-order chi connectivity index (χ1) is 7.31. The molecule has 0 aliphatic carbocycles. The van der Waals surface area contributed by atoms with Gasteiger partial charge in [-0.1, -0.05) is 13.8 Å². The molecule has 1 aliphatic rings. The summed E-state index contributed by atoms with van der Waals surface area (Å²) in [5, 5.41) is 6.77. The summed E-state index contributed by atoms with van der Waals surface area (Å²) in [6.07, 6.45) is 1.17. The van der Waals surface area contributed by atoms with Crippen molar-refractivity contribution in [3.63, 3.8) is 0 Å².